The lowest BCUT2D eigenvalue weighted by Gasteiger charge is -2.18. The second kappa shape index (κ2) is 5.77. The van der Waals surface area contributed by atoms with Gasteiger partial charge in [0.15, 0.2) is 0 Å². The van der Waals surface area contributed by atoms with Gasteiger partial charge in [0.1, 0.15) is 11.6 Å². The number of hydrogen-bond donors (Lipinski definition) is 1. The van der Waals surface area contributed by atoms with Crippen LogP contribution >= 0.6 is 0 Å². The molecule has 2 aromatic rings. The third-order valence-corrected chi connectivity index (χ3v) is 2.98. The fraction of sp³-hybridized carbons (Fsp3) is 0.214. The molecule has 112 valence electrons. The Balaban J connectivity index is 2.52. The van der Waals surface area contributed by atoms with Crippen LogP contribution in [0.4, 0.5) is 22.0 Å². The van der Waals surface area contributed by atoms with Gasteiger partial charge < -0.3 is 5.32 Å². The molecule has 2 nitrogen and oxygen atoms in total. The van der Waals surface area contributed by atoms with Crippen LogP contribution < -0.4 is 5.32 Å². The van der Waals surface area contributed by atoms with Gasteiger partial charge in [-0.3, -0.25) is 4.98 Å². The SMILES string of the molecule is CNC(c1ccc(F)c(C(F)(F)F)c1)c1ncccc1F. The zero-order valence-corrected chi connectivity index (χ0v) is 10.9. The van der Waals surface area contributed by atoms with Crippen molar-refractivity contribution in [2.75, 3.05) is 7.05 Å². The average molecular weight is 302 g/mol. The van der Waals surface area contributed by atoms with E-state index in [1.54, 1.807) is 0 Å². The summed E-state index contributed by atoms with van der Waals surface area (Å²) < 4.78 is 65.2. The highest BCUT2D eigenvalue weighted by Crippen LogP contribution is 2.34. The molecule has 7 heteroatoms. The second-order valence-electron chi connectivity index (χ2n) is 4.33. The molecule has 1 heterocycles. The fourth-order valence-electron chi connectivity index (χ4n) is 2.01. The van der Waals surface area contributed by atoms with Crippen LogP contribution in [0.2, 0.25) is 0 Å². The topological polar surface area (TPSA) is 24.9 Å². The zero-order valence-electron chi connectivity index (χ0n) is 10.9. The molecule has 1 unspecified atom stereocenters. The highest BCUT2D eigenvalue weighted by Gasteiger charge is 2.35. The number of rotatable bonds is 3. The van der Waals surface area contributed by atoms with Crippen LogP contribution in [0.5, 0.6) is 0 Å². The molecule has 0 fully saturated rings. The molecular weight excluding hydrogens is 291 g/mol. The van der Waals surface area contributed by atoms with Gasteiger partial charge in [0.2, 0.25) is 0 Å². The molecule has 1 aromatic heterocycles. The lowest BCUT2D eigenvalue weighted by atomic mass is 10.00. The summed E-state index contributed by atoms with van der Waals surface area (Å²) in [4.78, 5) is 3.83. The van der Waals surface area contributed by atoms with E-state index in [0.29, 0.717) is 12.1 Å². The summed E-state index contributed by atoms with van der Waals surface area (Å²) in [7, 11) is 1.45. The molecule has 0 saturated carbocycles. The average Bonchev–Trinajstić information content (AvgIpc) is 2.42. The normalized spacial score (nSPS) is 13.2. The number of alkyl halides is 3. The molecule has 21 heavy (non-hydrogen) atoms. The van der Waals surface area contributed by atoms with Gasteiger partial charge >= 0.3 is 6.18 Å². The van der Waals surface area contributed by atoms with E-state index in [-0.39, 0.29) is 11.3 Å². The monoisotopic (exact) mass is 302 g/mol. The first kappa shape index (κ1) is 15.4. The van der Waals surface area contributed by atoms with E-state index < -0.39 is 29.4 Å². The zero-order chi connectivity index (χ0) is 15.6. The van der Waals surface area contributed by atoms with Crippen molar-refractivity contribution in [1.29, 1.82) is 0 Å². The molecule has 0 amide bonds. The molecule has 0 aliphatic carbocycles. The van der Waals surface area contributed by atoms with Crippen molar-refractivity contribution in [3.05, 3.63) is 65.0 Å². The van der Waals surface area contributed by atoms with Crippen molar-refractivity contribution < 1.29 is 22.0 Å². The summed E-state index contributed by atoms with van der Waals surface area (Å²) >= 11 is 0. The predicted molar refractivity (Wildman–Crippen MR) is 66.5 cm³/mol. The number of halogens is 5. The Hall–Kier alpha value is -2.02. The summed E-state index contributed by atoms with van der Waals surface area (Å²) in [5.41, 5.74) is -1.37. The Kier molecular flexibility index (Phi) is 4.22. The second-order valence-corrected chi connectivity index (χ2v) is 4.33. The minimum Gasteiger partial charge on any atom is -0.308 e. The highest BCUT2D eigenvalue weighted by molar-refractivity contribution is 5.34. The Labute approximate surface area is 117 Å². The van der Waals surface area contributed by atoms with E-state index in [1.807, 2.05) is 0 Å². The van der Waals surface area contributed by atoms with Gasteiger partial charge in [-0.15, -0.1) is 0 Å². The molecule has 0 saturated heterocycles. The van der Waals surface area contributed by atoms with E-state index in [9.17, 15) is 22.0 Å². The van der Waals surface area contributed by atoms with Gasteiger partial charge in [0.25, 0.3) is 0 Å². The van der Waals surface area contributed by atoms with Crippen molar-refractivity contribution >= 4 is 0 Å². The first-order chi connectivity index (χ1) is 9.84. The third kappa shape index (κ3) is 3.18. The van der Waals surface area contributed by atoms with Gasteiger partial charge in [-0.2, -0.15) is 13.2 Å². The maximum Gasteiger partial charge on any atom is 0.419 e. The maximum absolute atomic E-state index is 13.7. The predicted octanol–water partition coefficient (Wildman–Crippen LogP) is 3.69. The van der Waals surface area contributed by atoms with Crippen molar-refractivity contribution in [1.82, 2.24) is 10.3 Å². The number of aromatic nitrogens is 1. The summed E-state index contributed by atoms with van der Waals surface area (Å²) in [6, 6.07) is 4.15. The Bertz CT molecular complexity index is 640. The lowest BCUT2D eigenvalue weighted by Crippen LogP contribution is -2.21. The molecule has 0 aliphatic heterocycles. The van der Waals surface area contributed by atoms with Crippen LogP contribution in [0.1, 0.15) is 22.9 Å². The largest absolute Gasteiger partial charge is 0.419 e. The Morgan fingerprint density at radius 1 is 1.10 bits per heavy atom. The standard InChI is InChI=1S/C14H11F5N2/c1-20-12(13-11(16)3-2-6-21-13)8-4-5-10(15)9(7-8)14(17,18)19/h2-7,12,20H,1H3. The first-order valence-corrected chi connectivity index (χ1v) is 5.99. The van der Waals surface area contributed by atoms with E-state index in [4.69, 9.17) is 0 Å². The lowest BCUT2D eigenvalue weighted by molar-refractivity contribution is -0.140. The Morgan fingerprint density at radius 2 is 1.81 bits per heavy atom. The molecular formula is C14H11F5N2. The van der Waals surface area contributed by atoms with E-state index in [0.717, 1.165) is 6.07 Å². The van der Waals surface area contributed by atoms with E-state index in [2.05, 4.69) is 10.3 Å². The molecule has 1 aromatic carbocycles. The summed E-state index contributed by atoms with van der Waals surface area (Å²) in [6.45, 7) is 0. The van der Waals surface area contributed by atoms with Crippen molar-refractivity contribution in [2.24, 2.45) is 0 Å². The highest BCUT2D eigenvalue weighted by atomic mass is 19.4. The fourth-order valence-corrected chi connectivity index (χ4v) is 2.01. The molecule has 1 atom stereocenters. The van der Waals surface area contributed by atoms with Gasteiger partial charge in [-0.25, -0.2) is 8.78 Å². The first-order valence-electron chi connectivity index (χ1n) is 5.99. The summed E-state index contributed by atoms with van der Waals surface area (Å²) in [6.07, 6.45) is -3.49. The van der Waals surface area contributed by atoms with Gasteiger partial charge in [0.05, 0.1) is 17.3 Å². The van der Waals surface area contributed by atoms with E-state index >= 15 is 0 Å². The van der Waals surface area contributed by atoms with Crippen LogP contribution in [0.3, 0.4) is 0 Å². The third-order valence-electron chi connectivity index (χ3n) is 2.98. The number of nitrogens with one attached hydrogen (secondary N) is 1. The van der Waals surface area contributed by atoms with Crippen LogP contribution in [0, 0.1) is 11.6 Å². The molecule has 0 spiro atoms. The quantitative estimate of drug-likeness (QED) is 0.875. The number of nitrogens with zero attached hydrogens (tertiary/aromatic N) is 1. The summed E-state index contributed by atoms with van der Waals surface area (Å²) in [5.74, 6) is -2.03. The van der Waals surface area contributed by atoms with Gasteiger partial charge in [-0.05, 0) is 36.9 Å². The molecule has 1 N–H and O–H groups in total. The molecule has 0 radical (unpaired) electrons. The van der Waals surface area contributed by atoms with Crippen LogP contribution in [0.15, 0.2) is 36.5 Å². The van der Waals surface area contributed by atoms with Crippen molar-refractivity contribution in [3.63, 3.8) is 0 Å². The number of benzene rings is 1. The minimum atomic E-state index is -4.82. The van der Waals surface area contributed by atoms with Crippen LogP contribution in [0.25, 0.3) is 0 Å². The van der Waals surface area contributed by atoms with Crippen molar-refractivity contribution in [2.45, 2.75) is 12.2 Å². The maximum atomic E-state index is 13.7. The van der Waals surface area contributed by atoms with Gasteiger partial charge in [-0.1, -0.05) is 6.07 Å². The molecule has 2 rings (SSSR count). The van der Waals surface area contributed by atoms with Crippen molar-refractivity contribution in [3.8, 4) is 0 Å². The smallest absolute Gasteiger partial charge is 0.308 e. The molecule has 0 aliphatic rings. The van der Waals surface area contributed by atoms with E-state index in [1.165, 1.54) is 25.4 Å². The minimum absolute atomic E-state index is 0.0558. The molecule has 0 bridgehead atoms. The summed E-state index contributed by atoms with van der Waals surface area (Å²) in [5, 5.41) is 2.68. The van der Waals surface area contributed by atoms with Crippen LogP contribution in [-0.4, -0.2) is 12.0 Å². The van der Waals surface area contributed by atoms with Gasteiger partial charge in [0, 0.05) is 6.20 Å². The Morgan fingerprint density at radius 3 is 2.38 bits per heavy atom. The number of hydrogen-bond acceptors (Lipinski definition) is 2. The van der Waals surface area contributed by atoms with Crippen LogP contribution in [-0.2, 0) is 6.18 Å². The number of pyridine rings is 1.